The molecule has 0 unspecified atom stereocenters. The molecule has 1 N–H and O–H groups in total. The van der Waals surface area contributed by atoms with Crippen LogP contribution < -0.4 is 5.32 Å². The number of hydrogen-bond acceptors (Lipinski definition) is 4. The van der Waals surface area contributed by atoms with E-state index in [2.05, 4.69) is 14.9 Å². The molecule has 0 atom stereocenters. The third kappa shape index (κ3) is 6.20. The van der Waals surface area contributed by atoms with E-state index in [0.717, 1.165) is 31.5 Å². The highest BCUT2D eigenvalue weighted by Gasteiger charge is 2.05. The largest absolute Gasteiger partial charge is 0.466 e. The highest BCUT2D eigenvalue weighted by atomic mass is 16.5. The van der Waals surface area contributed by atoms with Crippen LogP contribution >= 0.6 is 0 Å². The Morgan fingerprint density at radius 2 is 2.32 bits per heavy atom. The van der Waals surface area contributed by atoms with Crippen molar-refractivity contribution in [3.63, 3.8) is 0 Å². The van der Waals surface area contributed by atoms with Gasteiger partial charge in [0.25, 0.3) is 0 Å². The Bertz CT molecular complexity index is 385. The first-order valence-electron chi connectivity index (χ1n) is 6.71. The summed E-state index contributed by atoms with van der Waals surface area (Å²) in [6, 6.07) is 0. The molecule has 0 aromatic carbocycles. The lowest BCUT2D eigenvalue weighted by molar-refractivity contribution is -0.136. The zero-order chi connectivity index (χ0) is 13.9. The summed E-state index contributed by atoms with van der Waals surface area (Å²) in [4.78, 5) is 15.3. The summed E-state index contributed by atoms with van der Waals surface area (Å²) in [5.41, 5.74) is 0.730. The Labute approximate surface area is 114 Å². The van der Waals surface area contributed by atoms with E-state index in [9.17, 15) is 4.79 Å². The number of aromatic nitrogens is 2. The van der Waals surface area contributed by atoms with Crippen LogP contribution in [-0.2, 0) is 16.1 Å². The number of imidazole rings is 1. The van der Waals surface area contributed by atoms with Crippen LogP contribution in [0.4, 0.5) is 0 Å². The van der Waals surface area contributed by atoms with Gasteiger partial charge in [0.15, 0.2) is 0 Å². The van der Waals surface area contributed by atoms with E-state index in [4.69, 9.17) is 4.74 Å². The summed E-state index contributed by atoms with van der Waals surface area (Å²) >= 11 is 0. The van der Waals surface area contributed by atoms with Crippen LogP contribution in [0.1, 0.15) is 26.2 Å². The van der Waals surface area contributed by atoms with Crippen LogP contribution in [0.2, 0.25) is 0 Å². The van der Waals surface area contributed by atoms with Crippen molar-refractivity contribution in [2.45, 2.75) is 32.7 Å². The standard InChI is InChI=1S/C14H23N3O2/c1-3-13(14(18)19-2)6-8-15-7-4-5-10-17-11-9-16-12-17/h6,9,11-12,15H,3-5,7-8,10H2,1-2H3/b13-6-. The van der Waals surface area contributed by atoms with Gasteiger partial charge in [-0.2, -0.15) is 0 Å². The number of hydrogen-bond donors (Lipinski definition) is 1. The molecule has 1 aromatic heterocycles. The average Bonchev–Trinajstić information content (AvgIpc) is 2.94. The van der Waals surface area contributed by atoms with Gasteiger partial charge in [0.1, 0.15) is 0 Å². The molecule has 19 heavy (non-hydrogen) atoms. The maximum absolute atomic E-state index is 11.3. The molecular formula is C14H23N3O2. The SMILES string of the molecule is CC/C(=C/CNCCCCn1ccnc1)C(=O)OC. The Kier molecular flexibility index (Phi) is 7.58. The monoisotopic (exact) mass is 265 g/mol. The topological polar surface area (TPSA) is 56.2 Å². The molecule has 0 aliphatic rings. The van der Waals surface area contributed by atoms with E-state index in [1.165, 1.54) is 7.11 Å². The third-order valence-electron chi connectivity index (χ3n) is 2.90. The van der Waals surface area contributed by atoms with Crippen LogP contribution in [-0.4, -0.2) is 35.7 Å². The summed E-state index contributed by atoms with van der Waals surface area (Å²) in [6.45, 7) is 4.61. The molecule has 0 fully saturated rings. The molecule has 0 spiro atoms. The van der Waals surface area contributed by atoms with Crippen molar-refractivity contribution >= 4 is 5.97 Å². The maximum Gasteiger partial charge on any atom is 0.333 e. The summed E-state index contributed by atoms with van der Waals surface area (Å²) in [7, 11) is 1.41. The fourth-order valence-electron chi connectivity index (χ4n) is 1.76. The lowest BCUT2D eigenvalue weighted by Crippen LogP contribution is -2.17. The van der Waals surface area contributed by atoms with Crippen molar-refractivity contribution in [2.75, 3.05) is 20.2 Å². The van der Waals surface area contributed by atoms with E-state index in [1.54, 1.807) is 6.20 Å². The molecule has 1 heterocycles. The van der Waals surface area contributed by atoms with Crippen LogP contribution in [0.25, 0.3) is 0 Å². The highest BCUT2D eigenvalue weighted by molar-refractivity contribution is 5.88. The number of rotatable bonds is 9. The molecule has 0 saturated heterocycles. The van der Waals surface area contributed by atoms with E-state index >= 15 is 0 Å². The van der Waals surface area contributed by atoms with E-state index in [-0.39, 0.29) is 5.97 Å². The number of methoxy groups -OCH3 is 1. The van der Waals surface area contributed by atoms with Gasteiger partial charge in [-0.25, -0.2) is 9.78 Å². The van der Waals surface area contributed by atoms with E-state index < -0.39 is 0 Å². The lowest BCUT2D eigenvalue weighted by Gasteiger charge is -2.05. The molecule has 106 valence electrons. The average molecular weight is 265 g/mol. The highest BCUT2D eigenvalue weighted by Crippen LogP contribution is 2.01. The quantitative estimate of drug-likeness (QED) is 0.420. The minimum absolute atomic E-state index is 0.232. The van der Waals surface area contributed by atoms with Crippen molar-refractivity contribution < 1.29 is 9.53 Å². The molecule has 5 nitrogen and oxygen atoms in total. The molecule has 1 rings (SSSR count). The predicted molar refractivity (Wildman–Crippen MR) is 74.7 cm³/mol. The Morgan fingerprint density at radius 3 is 2.95 bits per heavy atom. The zero-order valence-corrected chi connectivity index (χ0v) is 11.8. The Hall–Kier alpha value is -1.62. The second-order valence-electron chi connectivity index (χ2n) is 4.29. The van der Waals surface area contributed by atoms with Gasteiger partial charge in [0.05, 0.1) is 13.4 Å². The van der Waals surface area contributed by atoms with Crippen LogP contribution in [0.3, 0.4) is 0 Å². The molecule has 1 aromatic rings. The second kappa shape index (κ2) is 9.33. The minimum Gasteiger partial charge on any atom is -0.466 e. The van der Waals surface area contributed by atoms with E-state index in [1.807, 2.05) is 25.5 Å². The molecule has 0 amide bonds. The normalized spacial score (nSPS) is 11.6. The van der Waals surface area contributed by atoms with Crippen LogP contribution in [0.15, 0.2) is 30.4 Å². The van der Waals surface area contributed by atoms with Gasteiger partial charge in [-0.3, -0.25) is 0 Å². The summed E-state index contributed by atoms with van der Waals surface area (Å²) in [5.74, 6) is -0.232. The van der Waals surface area contributed by atoms with Crippen molar-refractivity contribution in [3.8, 4) is 0 Å². The van der Waals surface area contributed by atoms with Gasteiger partial charge in [0.2, 0.25) is 0 Å². The minimum atomic E-state index is -0.232. The maximum atomic E-state index is 11.3. The summed E-state index contributed by atoms with van der Waals surface area (Å²) < 4.78 is 6.77. The van der Waals surface area contributed by atoms with Crippen molar-refractivity contribution in [2.24, 2.45) is 0 Å². The molecule has 0 saturated carbocycles. The van der Waals surface area contributed by atoms with Gasteiger partial charge >= 0.3 is 5.97 Å². The van der Waals surface area contributed by atoms with Gasteiger partial charge in [-0.1, -0.05) is 13.0 Å². The molecular weight excluding hydrogens is 242 g/mol. The van der Waals surface area contributed by atoms with Gasteiger partial charge < -0.3 is 14.6 Å². The number of nitrogens with one attached hydrogen (secondary N) is 1. The fraction of sp³-hybridized carbons (Fsp3) is 0.571. The van der Waals surface area contributed by atoms with Crippen LogP contribution in [0, 0.1) is 0 Å². The molecule has 0 aliphatic carbocycles. The fourth-order valence-corrected chi connectivity index (χ4v) is 1.76. The first kappa shape index (κ1) is 15.4. The second-order valence-corrected chi connectivity index (χ2v) is 4.29. The number of nitrogens with zero attached hydrogens (tertiary/aromatic N) is 2. The number of esters is 1. The first-order chi connectivity index (χ1) is 9.27. The molecule has 0 radical (unpaired) electrons. The Balaban J connectivity index is 2.07. The third-order valence-corrected chi connectivity index (χ3v) is 2.90. The van der Waals surface area contributed by atoms with E-state index in [0.29, 0.717) is 13.0 Å². The molecule has 0 aliphatic heterocycles. The number of aryl methyl sites for hydroxylation is 1. The Morgan fingerprint density at radius 1 is 1.47 bits per heavy atom. The number of unbranched alkanes of at least 4 members (excludes halogenated alkanes) is 1. The molecule has 0 bridgehead atoms. The van der Waals surface area contributed by atoms with Crippen molar-refractivity contribution in [1.82, 2.24) is 14.9 Å². The van der Waals surface area contributed by atoms with Gasteiger partial charge in [-0.15, -0.1) is 0 Å². The van der Waals surface area contributed by atoms with Crippen molar-refractivity contribution in [1.29, 1.82) is 0 Å². The van der Waals surface area contributed by atoms with Gasteiger partial charge in [-0.05, 0) is 25.8 Å². The number of ether oxygens (including phenoxy) is 1. The predicted octanol–water partition coefficient (Wildman–Crippen LogP) is 1.76. The smallest absolute Gasteiger partial charge is 0.333 e. The summed E-state index contributed by atoms with van der Waals surface area (Å²) in [5, 5.41) is 3.30. The lowest BCUT2D eigenvalue weighted by atomic mass is 10.2. The summed E-state index contributed by atoms with van der Waals surface area (Å²) in [6.07, 6.45) is 10.4. The van der Waals surface area contributed by atoms with Crippen LogP contribution in [0.5, 0.6) is 0 Å². The number of carbonyl (C=O) groups is 1. The zero-order valence-electron chi connectivity index (χ0n) is 11.8. The van der Waals surface area contributed by atoms with Gasteiger partial charge in [0, 0.05) is 31.1 Å². The van der Waals surface area contributed by atoms with Crippen molar-refractivity contribution in [3.05, 3.63) is 30.4 Å². The molecule has 5 heteroatoms. The number of carbonyl (C=O) groups excluding carboxylic acids is 1. The first-order valence-corrected chi connectivity index (χ1v) is 6.71.